The Hall–Kier alpha value is -2.55. The topological polar surface area (TPSA) is 52.0 Å². The minimum Gasteiger partial charge on any atom is -0.436 e. The van der Waals surface area contributed by atoms with Gasteiger partial charge in [-0.3, -0.25) is 0 Å². The Bertz CT molecular complexity index is 759. The molecule has 3 rings (SSSR count). The molecule has 0 aliphatic carbocycles. The summed E-state index contributed by atoms with van der Waals surface area (Å²) in [5.74, 6) is 1.36. The molecule has 3 heteroatoms. The van der Waals surface area contributed by atoms with Gasteiger partial charge in [-0.2, -0.15) is 0 Å². The van der Waals surface area contributed by atoms with Crippen molar-refractivity contribution in [3.8, 4) is 22.8 Å². The van der Waals surface area contributed by atoms with Gasteiger partial charge in [0.05, 0.1) is 6.20 Å². The van der Waals surface area contributed by atoms with Crippen molar-refractivity contribution in [3.63, 3.8) is 0 Å². The summed E-state index contributed by atoms with van der Waals surface area (Å²) >= 11 is 0. The molecule has 0 saturated heterocycles. The van der Waals surface area contributed by atoms with Crippen LogP contribution in [0.2, 0.25) is 0 Å². The summed E-state index contributed by atoms with van der Waals surface area (Å²) in [7, 11) is 0. The molecule has 20 heavy (non-hydrogen) atoms. The fourth-order valence-electron chi connectivity index (χ4n) is 2.11. The van der Waals surface area contributed by atoms with Gasteiger partial charge in [-0.05, 0) is 49.2 Å². The maximum absolute atomic E-state index is 5.84. The SMILES string of the molecule is Cc1ccc(-c2cnc(-c3cccc(N)c3)o2)cc1C. The predicted molar refractivity (Wildman–Crippen MR) is 81.3 cm³/mol. The summed E-state index contributed by atoms with van der Waals surface area (Å²) < 4.78 is 5.84. The van der Waals surface area contributed by atoms with E-state index in [2.05, 4.69) is 31.0 Å². The van der Waals surface area contributed by atoms with E-state index in [0.29, 0.717) is 11.6 Å². The summed E-state index contributed by atoms with van der Waals surface area (Å²) in [6.07, 6.45) is 1.75. The zero-order chi connectivity index (χ0) is 14.1. The molecule has 2 aromatic carbocycles. The molecule has 0 unspecified atom stereocenters. The van der Waals surface area contributed by atoms with Gasteiger partial charge in [0.2, 0.25) is 5.89 Å². The standard InChI is InChI=1S/C17H16N2O/c1-11-6-7-13(8-12(11)2)16-10-19-17(20-16)14-4-3-5-15(18)9-14/h3-10H,18H2,1-2H3. The molecule has 0 atom stereocenters. The minimum atomic E-state index is 0.588. The van der Waals surface area contributed by atoms with E-state index in [1.807, 2.05) is 30.3 Å². The first-order valence-corrected chi connectivity index (χ1v) is 6.53. The number of nitrogen functional groups attached to an aromatic ring is 1. The van der Waals surface area contributed by atoms with Gasteiger partial charge in [0.15, 0.2) is 5.76 Å². The second-order valence-electron chi connectivity index (χ2n) is 4.95. The molecule has 100 valence electrons. The van der Waals surface area contributed by atoms with Gasteiger partial charge in [0, 0.05) is 16.8 Å². The van der Waals surface area contributed by atoms with E-state index in [4.69, 9.17) is 10.2 Å². The van der Waals surface area contributed by atoms with Crippen molar-refractivity contribution < 1.29 is 4.42 Å². The molecule has 0 aliphatic rings. The average Bonchev–Trinajstić information content (AvgIpc) is 2.92. The lowest BCUT2D eigenvalue weighted by Gasteiger charge is -2.02. The van der Waals surface area contributed by atoms with Crippen LogP contribution in [0.25, 0.3) is 22.8 Å². The van der Waals surface area contributed by atoms with Crippen LogP contribution < -0.4 is 5.73 Å². The second-order valence-corrected chi connectivity index (χ2v) is 4.95. The number of hydrogen-bond donors (Lipinski definition) is 1. The third-order valence-electron chi connectivity index (χ3n) is 3.43. The van der Waals surface area contributed by atoms with Crippen molar-refractivity contribution in [1.82, 2.24) is 4.98 Å². The summed E-state index contributed by atoms with van der Waals surface area (Å²) in [6, 6.07) is 13.8. The summed E-state index contributed by atoms with van der Waals surface area (Å²) in [4.78, 5) is 4.33. The van der Waals surface area contributed by atoms with Crippen LogP contribution in [0.5, 0.6) is 0 Å². The number of benzene rings is 2. The molecule has 2 N–H and O–H groups in total. The molecule has 1 aromatic heterocycles. The van der Waals surface area contributed by atoms with Crippen LogP contribution in [0.3, 0.4) is 0 Å². The molecular formula is C17H16N2O. The molecule has 0 fully saturated rings. The Kier molecular flexibility index (Phi) is 3.03. The fraction of sp³-hybridized carbons (Fsp3) is 0.118. The van der Waals surface area contributed by atoms with Gasteiger partial charge in [-0.1, -0.05) is 18.2 Å². The quantitative estimate of drug-likeness (QED) is 0.705. The van der Waals surface area contributed by atoms with E-state index in [9.17, 15) is 0 Å². The molecule has 3 nitrogen and oxygen atoms in total. The van der Waals surface area contributed by atoms with Gasteiger partial charge in [-0.15, -0.1) is 0 Å². The van der Waals surface area contributed by atoms with Crippen LogP contribution in [0.1, 0.15) is 11.1 Å². The lowest BCUT2D eigenvalue weighted by atomic mass is 10.1. The highest BCUT2D eigenvalue weighted by molar-refractivity contribution is 5.64. The van der Waals surface area contributed by atoms with Gasteiger partial charge in [-0.25, -0.2) is 4.98 Å². The first-order chi connectivity index (χ1) is 9.63. The molecule has 1 heterocycles. The van der Waals surface area contributed by atoms with E-state index < -0.39 is 0 Å². The number of nitrogens with zero attached hydrogens (tertiary/aromatic N) is 1. The normalized spacial score (nSPS) is 10.7. The van der Waals surface area contributed by atoms with Crippen molar-refractivity contribution in [2.75, 3.05) is 5.73 Å². The third-order valence-corrected chi connectivity index (χ3v) is 3.43. The van der Waals surface area contributed by atoms with Crippen molar-refractivity contribution in [3.05, 3.63) is 59.8 Å². The van der Waals surface area contributed by atoms with Crippen molar-refractivity contribution in [1.29, 1.82) is 0 Å². The van der Waals surface area contributed by atoms with E-state index in [-0.39, 0.29) is 0 Å². The highest BCUT2D eigenvalue weighted by Crippen LogP contribution is 2.27. The van der Waals surface area contributed by atoms with E-state index in [1.54, 1.807) is 6.20 Å². The Labute approximate surface area is 118 Å². The molecule has 0 spiro atoms. The van der Waals surface area contributed by atoms with Crippen molar-refractivity contribution >= 4 is 5.69 Å². The van der Waals surface area contributed by atoms with Gasteiger partial charge >= 0.3 is 0 Å². The van der Waals surface area contributed by atoms with Crippen LogP contribution >= 0.6 is 0 Å². The van der Waals surface area contributed by atoms with Gasteiger partial charge in [0.25, 0.3) is 0 Å². The van der Waals surface area contributed by atoms with Crippen LogP contribution in [0.15, 0.2) is 53.1 Å². The predicted octanol–water partition coefficient (Wildman–Crippen LogP) is 4.21. The summed E-state index contributed by atoms with van der Waals surface area (Å²) in [5.41, 5.74) is 10.9. The van der Waals surface area contributed by atoms with Crippen molar-refractivity contribution in [2.45, 2.75) is 13.8 Å². The molecule has 0 aliphatic heterocycles. The van der Waals surface area contributed by atoms with E-state index >= 15 is 0 Å². The summed E-state index contributed by atoms with van der Waals surface area (Å²) in [5, 5.41) is 0. The van der Waals surface area contributed by atoms with E-state index in [0.717, 1.165) is 16.9 Å². The molecule has 0 radical (unpaired) electrons. The van der Waals surface area contributed by atoms with Crippen LogP contribution in [-0.2, 0) is 0 Å². The Morgan fingerprint density at radius 2 is 1.80 bits per heavy atom. The first kappa shape index (κ1) is 12.5. The number of anilines is 1. The second kappa shape index (κ2) is 4.85. The zero-order valence-corrected chi connectivity index (χ0v) is 11.6. The Morgan fingerprint density at radius 3 is 2.55 bits per heavy atom. The maximum Gasteiger partial charge on any atom is 0.226 e. The smallest absolute Gasteiger partial charge is 0.226 e. The van der Waals surface area contributed by atoms with Gasteiger partial charge < -0.3 is 10.2 Å². The highest BCUT2D eigenvalue weighted by atomic mass is 16.4. The summed E-state index contributed by atoms with van der Waals surface area (Å²) in [6.45, 7) is 4.19. The zero-order valence-electron chi connectivity index (χ0n) is 11.6. The Morgan fingerprint density at radius 1 is 0.950 bits per heavy atom. The number of rotatable bonds is 2. The van der Waals surface area contributed by atoms with Gasteiger partial charge in [0.1, 0.15) is 0 Å². The number of aromatic nitrogens is 1. The minimum absolute atomic E-state index is 0.588. The Balaban J connectivity index is 1.99. The van der Waals surface area contributed by atoms with Crippen molar-refractivity contribution in [2.24, 2.45) is 0 Å². The highest BCUT2D eigenvalue weighted by Gasteiger charge is 2.09. The molecule has 0 saturated carbocycles. The number of oxazole rings is 1. The molecular weight excluding hydrogens is 248 g/mol. The largest absolute Gasteiger partial charge is 0.436 e. The number of hydrogen-bond acceptors (Lipinski definition) is 3. The third kappa shape index (κ3) is 2.30. The molecule has 0 bridgehead atoms. The lowest BCUT2D eigenvalue weighted by Crippen LogP contribution is -1.84. The molecule has 0 amide bonds. The van der Waals surface area contributed by atoms with Crippen LogP contribution in [0.4, 0.5) is 5.69 Å². The molecule has 3 aromatic rings. The van der Waals surface area contributed by atoms with Crippen LogP contribution in [-0.4, -0.2) is 4.98 Å². The monoisotopic (exact) mass is 264 g/mol. The number of aryl methyl sites for hydroxylation is 2. The fourth-order valence-corrected chi connectivity index (χ4v) is 2.11. The average molecular weight is 264 g/mol. The first-order valence-electron chi connectivity index (χ1n) is 6.53. The van der Waals surface area contributed by atoms with Crippen LogP contribution in [0, 0.1) is 13.8 Å². The lowest BCUT2D eigenvalue weighted by molar-refractivity contribution is 0.589. The van der Waals surface area contributed by atoms with E-state index in [1.165, 1.54) is 11.1 Å². The maximum atomic E-state index is 5.84. The number of nitrogens with two attached hydrogens (primary N) is 1.